The van der Waals surface area contributed by atoms with Crippen molar-refractivity contribution >= 4 is 46.0 Å². The Kier molecular flexibility index (Phi) is 6.53. The smallest absolute Gasteiger partial charge is 0.278 e. The molecule has 2 aromatic rings. The van der Waals surface area contributed by atoms with Crippen LogP contribution in [-0.4, -0.2) is 61.0 Å². The predicted molar refractivity (Wildman–Crippen MR) is 120 cm³/mol. The van der Waals surface area contributed by atoms with Gasteiger partial charge in [0.2, 0.25) is 0 Å². The highest BCUT2D eigenvalue weighted by Gasteiger charge is 2.39. The molecule has 2 aliphatic heterocycles. The lowest BCUT2D eigenvalue weighted by Gasteiger charge is -2.27. The van der Waals surface area contributed by atoms with Crippen LogP contribution in [0, 0.1) is 6.92 Å². The summed E-state index contributed by atoms with van der Waals surface area (Å²) in [5.74, 6) is -0.531. The van der Waals surface area contributed by atoms with Gasteiger partial charge in [0, 0.05) is 41.8 Å². The Labute approximate surface area is 185 Å². The van der Waals surface area contributed by atoms with Crippen LogP contribution in [0.3, 0.4) is 0 Å². The minimum atomic E-state index is -0.287. The highest BCUT2D eigenvalue weighted by atomic mass is 35.5. The van der Waals surface area contributed by atoms with Crippen LogP contribution in [0.2, 0.25) is 5.02 Å². The fourth-order valence-electron chi connectivity index (χ4n) is 3.70. The van der Waals surface area contributed by atoms with Gasteiger partial charge in [0.25, 0.3) is 11.8 Å². The minimum Gasteiger partial charge on any atom is -0.379 e. The van der Waals surface area contributed by atoms with Gasteiger partial charge in [-0.3, -0.25) is 19.4 Å². The number of hydrogen-bond acceptors (Lipinski definition) is 6. The summed E-state index contributed by atoms with van der Waals surface area (Å²) in [4.78, 5) is 30.9. The summed E-state index contributed by atoms with van der Waals surface area (Å²) in [6.45, 7) is 6.37. The standard InChI is InChI=1S/C22H24ClN3O3S/c1-15-16(23)5-2-6-17(15)24-20-19(18-7-3-14-30-18)21(27)26(22(20)28)9-4-8-25-10-12-29-13-11-25/h2-3,5-7,14,24H,4,8-13H2,1H3. The van der Waals surface area contributed by atoms with Crippen molar-refractivity contribution in [3.05, 3.63) is 56.9 Å². The van der Waals surface area contributed by atoms with Gasteiger partial charge in [-0.1, -0.05) is 23.7 Å². The topological polar surface area (TPSA) is 61.9 Å². The van der Waals surface area contributed by atoms with E-state index in [9.17, 15) is 9.59 Å². The van der Waals surface area contributed by atoms with E-state index in [0.717, 1.165) is 55.4 Å². The molecule has 1 aromatic carbocycles. The van der Waals surface area contributed by atoms with E-state index in [4.69, 9.17) is 16.3 Å². The van der Waals surface area contributed by atoms with Crippen molar-refractivity contribution in [1.29, 1.82) is 0 Å². The molecule has 8 heteroatoms. The van der Waals surface area contributed by atoms with E-state index < -0.39 is 0 Å². The van der Waals surface area contributed by atoms with Crippen molar-refractivity contribution in [3.8, 4) is 0 Å². The lowest BCUT2D eigenvalue weighted by Crippen LogP contribution is -2.39. The molecule has 0 radical (unpaired) electrons. The van der Waals surface area contributed by atoms with Gasteiger partial charge < -0.3 is 10.1 Å². The fourth-order valence-corrected chi connectivity index (χ4v) is 4.64. The number of amides is 2. The fraction of sp³-hybridized carbons (Fsp3) is 0.364. The highest BCUT2D eigenvalue weighted by Crippen LogP contribution is 2.34. The Hall–Kier alpha value is -2.19. The maximum atomic E-state index is 13.2. The number of thiophene rings is 1. The minimum absolute atomic E-state index is 0.244. The van der Waals surface area contributed by atoms with Crippen molar-refractivity contribution in [2.45, 2.75) is 13.3 Å². The second-order valence-electron chi connectivity index (χ2n) is 7.33. The number of benzene rings is 1. The van der Waals surface area contributed by atoms with Gasteiger partial charge in [0.1, 0.15) is 5.70 Å². The van der Waals surface area contributed by atoms with Gasteiger partial charge in [-0.05, 0) is 42.5 Å². The number of hydrogen-bond donors (Lipinski definition) is 1. The van der Waals surface area contributed by atoms with Crippen molar-refractivity contribution in [3.63, 3.8) is 0 Å². The third kappa shape index (κ3) is 4.30. The Morgan fingerprint density at radius 3 is 2.63 bits per heavy atom. The molecule has 0 saturated carbocycles. The number of nitrogens with one attached hydrogen (secondary N) is 1. The first kappa shape index (κ1) is 21.1. The van der Waals surface area contributed by atoms with Crippen LogP contribution in [0.4, 0.5) is 5.69 Å². The normalized spacial score (nSPS) is 17.9. The molecule has 2 amide bonds. The Morgan fingerprint density at radius 2 is 1.90 bits per heavy atom. The van der Waals surface area contributed by atoms with E-state index in [0.29, 0.717) is 22.8 Å². The van der Waals surface area contributed by atoms with Gasteiger partial charge in [0.05, 0.1) is 18.8 Å². The molecule has 0 bridgehead atoms. The summed E-state index contributed by atoms with van der Waals surface area (Å²) in [6.07, 6.45) is 0.735. The van der Waals surface area contributed by atoms with E-state index in [1.807, 2.05) is 36.6 Å². The molecule has 0 unspecified atom stereocenters. The first-order valence-corrected chi connectivity index (χ1v) is 11.3. The zero-order valence-corrected chi connectivity index (χ0v) is 18.4. The van der Waals surface area contributed by atoms with Crippen molar-refractivity contribution in [2.24, 2.45) is 0 Å². The Bertz CT molecular complexity index is 968. The number of carbonyl (C=O) groups excluding carboxylic acids is 2. The maximum absolute atomic E-state index is 13.2. The number of rotatable bonds is 7. The molecule has 1 N–H and O–H groups in total. The molecule has 3 heterocycles. The lowest BCUT2D eigenvalue weighted by atomic mass is 10.1. The third-order valence-corrected chi connectivity index (χ3v) is 6.72. The van der Waals surface area contributed by atoms with Crippen molar-refractivity contribution < 1.29 is 14.3 Å². The third-order valence-electron chi connectivity index (χ3n) is 5.42. The molecular weight excluding hydrogens is 422 g/mol. The van der Waals surface area contributed by atoms with Crippen LogP contribution >= 0.6 is 22.9 Å². The van der Waals surface area contributed by atoms with Crippen LogP contribution in [0.15, 0.2) is 41.4 Å². The Morgan fingerprint density at radius 1 is 1.10 bits per heavy atom. The SMILES string of the molecule is Cc1c(Cl)cccc1NC1=C(c2cccs2)C(=O)N(CCCN2CCOCC2)C1=O. The van der Waals surface area contributed by atoms with Gasteiger partial charge >= 0.3 is 0 Å². The molecular formula is C22H24ClN3O3S. The number of morpholine rings is 1. The summed E-state index contributed by atoms with van der Waals surface area (Å²) >= 11 is 7.69. The summed E-state index contributed by atoms with van der Waals surface area (Å²) in [7, 11) is 0. The molecule has 6 nitrogen and oxygen atoms in total. The van der Waals surface area contributed by atoms with Crippen LogP contribution in [0.25, 0.3) is 5.57 Å². The molecule has 1 fully saturated rings. The van der Waals surface area contributed by atoms with Crippen LogP contribution < -0.4 is 5.32 Å². The molecule has 0 aliphatic carbocycles. The van der Waals surface area contributed by atoms with Gasteiger partial charge in [0.15, 0.2) is 0 Å². The number of imide groups is 1. The number of halogens is 1. The molecule has 4 rings (SSSR count). The zero-order valence-electron chi connectivity index (χ0n) is 16.8. The number of carbonyl (C=O) groups is 2. The second kappa shape index (κ2) is 9.31. The second-order valence-corrected chi connectivity index (χ2v) is 8.69. The molecule has 2 aliphatic rings. The van der Waals surface area contributed by atoms with E-state index in [2.05, 4.69) is 10.2 Å². The monoisotopic (exact) mass is 445 g/mol. The van der Waals surface area contributed by atoms with E-state index >= 15 is 0 Å². The van der Waals surface area contributed by atoms with Crippen LogP contribution in [-0.2, 0) is 14.3 Å². The van der Waals surface area contributed by atoms with Gasteiger partial charge in [-0.2, -0.15) is 0 Å². The van der Waals surface area contributed by atoms with Crippen LogP contribution in [0.1, 0.15) is 16.9 Å². The summed E-state index contributed by atoms with van der Waals surface area (Å²) in [5.41, 5.74) is 2.31. The molecule has 30 heavy (non-hydrogen) atoms. The first-order valence-electron chi connectivity index (χ1n) is 10.0. The molecule has 1 aromatic heterocycles. The summed E-state index contributed by atoms with van der Waals surface area (Å²) in [5, 5.41) is 5.72. The number of anilines is 1. The largest absolute Gasteiger partial charge is 0.379 e. The van der Waals surface area contributed by atoms with Crippen LogP contribution in [0.5, 0.6) is 0 Å². The van der Waals surface area contributed by atoms with E-state index in [-0.39, 0.29) is 11.8 Å². The average molecular weight is 446 g/mol. The van der Waals surface area contributed by atoms with Gasteiger partial charge in [-0.25, -0.2) is 0 Å². The zero-order chi connectivity index (χ0) is 21.1. The molecule has 158 valence electrons. The van der Waals surface area contributed by atoms with Crippen molar-refractivity contribution in [2.75, 3.05) is 44.7 Å². The first-order chi connectivity index (χ1) is 14.6. The predicted octanol–water partition coefficient (Wildman–Crippen LogP) is 3.62. The van der Waals surface area contributed by atoms with E-state index in [1.54, 1.807) is 6.07 Å². The maximum Gasteiger partial charge on any atom is 0.278 e. The Balaban J connectivity index is 1.54. The average Bonchev–Trinajstić information content (AvgIpc) is 3.35. The van der Waals surface area contributed by atoms with Gasteiger partial charge in [-0.15, -0.1) is 11.3 Å². The molecule has 0 atom stereocenters. The van der Waals surface area contributed by atoms with Crippen molar-refractivity contribution in [1.82, 2.24) is 9.80 Å². The highest BCUT2D eigenvalue weighted by molar-refractivity contribution is 7.11. The quantitative estimate of drug-likeness (QED) is 0.659. The molecule has 0 spiro atoms. The number of nitrogens with zero attached hydrogens (tertiary/aromatic N) is 2. The lowest BCUT2D eigenvalue weighted by molar-refractivity contribution is -0.136. The summed E-state index contributed by atoms with van der Waals surface area (Å²) in [6, 6.07) is 9.24. The summed E-state index contributed by atoms with van der Waals surface area (Å²) < 4.78 is 5.37. The van der Waals surface area contributed by atoms with E-state index in [1.165, 1.54) is 16.2 Å². The molecule has 1 saturated heterocycles. The number of ether oxygens (including phenoxy) is 1.